The summed E-state index contributed by atoms with van der Waals surface area (Å²) in [5.74, 6) is 2.47. The molecule has 22 heavy (non-hydrogen) atoms. The molecule has 108 valence electrons. The van der Waals surface area contributed by atoms with Crippen molar-refractivity contribution in [3.63, 3.8) is 0 Å². The van der Waals surface area contributed by atoms with Gasteiger partial charge in [0.05, 0.1) is 0 Å². The molecule has 2 aromatic carbocycles. The lowest BCUT2D eigenvalue weighted by molar-refractivity contribution is 0.174. The van der Waals surface area contributed by atoms with Crippen molar-refractivity contribution in [1.82, 2.24) is 10.2 Å². The molecule has 0 fully saturated rings. The Labute approximate surface area is 126 Å². The van der Waals surface area contributed by atoms with Crippen LogP contribution >= 0.6 is 0 Å². The maximum atomic E-state index is 5.62. The Kier molecular flexibility index (Phi) is 3.08. The van der Waals surface area contributed by atoms with E-state index in [4.69, 9.17) is 13.9 Å². The zero-order valence-electron chi connectivity index (χ0n) is 11.6. The van der Waals surface area contributed by atoms with E-state index in [0.29, 0.717) is 11.8 Å². The van der Waals surface area contributed by atoms with E-state index in [2.05, 4.69) is 10.2 Å². The van der Waals surface area contributed by atoms with Crippen LogP contribution in [0.4, 0.5) is 0 Å². The van der Waals surface area contributed by atoms with Crippen LogP contribution in [-0.4, -0.2) is 17.0 Å². The van der Waals surface area contributed by atoms with Gasteiger partial charge in [-0.2, -0.15) is 0 Å². The van der Waals surface area contributed by atoms with Crippen LogP contribution in [0.15, 0.2) is 52.9 Å². The van der Waals surface area contributed by atoms with E-state index in [1.807, 2.05) is 54.6 Å². The molecule has 1 aromatic heterocycles. The second-order valence-electron chi connectivity index (χ2n) is 4.76. The van der Waals surface area contributed by atoms with Crippen molar-refractivity contribution < 1.29 is 13.9 Å². The van der Waals surface area contributed by atoms with Gasteiger partial charge in [0.15, 0.2) is 11.5 Å². The Morgan fingerprint density at radius 2 is 1.73 bits per heavy atom. The highest BCUT2D eigenvalue weighted by molar-refractivity contribution is 5.68. The van der Waals surface area contributed by atoms with E-state index in [1.165, 1.54) is 0 Å². The maximum absolute atomic E-state index is 5.62. The minimum Gasteiger partial charge on any atom is -0.454 e. The Morgan fingerprint density at radius 1 is 0.864 bits per heavy atom. The average molecular weight is 292 g/mol. The van der Waals surface area contributed by atoms with Gasteiger partial charge in [0.1, 0.15) is 0 Å². The second-order valence-corrected chi connectivity index (χ2v) is 4.76. The summed E-state index contributed by atoms with van der Waals surface area (Å²) in [7, 11) is 0. The molecule has 0 unspecified atom stereocenters. The molecule has 0 aliphatic carbocycles. The van der Waals surface area contributed by atoms with Crippen LogP contribution < -0.4 is 9.47 Å². The second kappa shape index (κ2) is 5.37. The van der Waals surface area contributed by atoms with Crippen LogP contribution in [0, 0.1) is 0 Å². The van der Waals surface area contributed by atoms with Gasteiger partial charge in [0.2, 0.25) is 18.6 Å². The normalized spacial score (nSPS) is 12.9. The van der Waals surface area contributed by atoms with Gasteiger partial charge in [-0.1, -0.05) is 24.3 Å². The third-order valence-corrected chi connectivity index (χ3v) is 3.28. The SMILES string of the molecule is C(=C\c1nnc(-c2ccccc2)o1)/c1ccc2c(c1)OCO2. The summed E-state index contributed by atoms with van der Waals surface area (Å²) in [6.45, 7) is 0.270. The molecular weight excluding hydrogens is 280 g/mol. The lowest BCUT2D eigenvalue weighted by atomic mass is 10.2. The van der Waals surface area contributed by atoms with Crippen LogP contribution in [0.3, 0.4) is 0 Å². The molecule has 0 spiro atoms. The van der Waals surface area contributed by atoms with Gasteiger partial charge in [-0.05, 0) is 35.9 Å². The van der Waals surface area contributed by atoms with E-state index in [1.54, 1.807) is 6.08 Å². The molecule has 0 atom stereocenters. The van der Waals surface area contributed by atoms with Crippen molar-refractivity contribution in [3.8, 4) is 23.0 Å². The first-order valence-electron chi connectivity index (χ1n) is 6.85. The lowest BCUT2D eigenvalue weighted by Gasteiger charge is -1.96. The number of benzene rings is 2. The summed E-state index contributed by atoms with van der Waals surface area (Å²) in [4.78, 5) is 0. The number of rotatable bonds is 3. The van der Waals surface area contributed by atoms with Gasteiger partial charge in [-0.15, -0.1) is 10.2 Å². The monoisotopic (exact) mass is 292 g/mol. The Bertz CT molecular complexity index is 825. The van der Waals surface area contributed by atoms with Gasteiger partial charge in [0.25, 0.3) is 0 Å². The molecule has 0 bridgehead atoms. The summed E-state index contributed by atoms with van der Waals surface area (Å²) >= 11 is 0. The van der Waals surface area contributed by atoms with Crippen LogP contribution in [0.1, 0.15) is 11.5 Å². The van der Waals surface area contributed by atoms with Crippen LogP contribution in [-0.2, 0) is 0 Å². The molecule has 4 rings (SSSR count). The molecule has 0 radical (unpaired) electrons. The predicted molar refractivity (Wildman–Crippen MR) is 81.2 cm³/mol. The third-order valence-electron chi connectivity index (χ3n) is 3.28. The minimum absolute atomic E-state index is 0.270. The van der Waals surface area contributed by atoms with E-state index >= 15 is 0 Å². The fourth-order valence-electron chi connectivity index (χ4n) is 2.18. The van der Waals surface area contributed by atoms with Crippen molar-refractivity contribution in [2.24, 2.45) is 0 Å². The van der Waals surface area contributed by atoms with Crippen molar-refractivity contribution >= 4 is 12.2 Å². The minimum atomic E-state index is 0.270. The molecule has 0 saturated heterocycles. The summed E-state index contributed by atoms with van der Waals surface area (Å²) in [6.07, 6.45) is 3.67. The van der Waals surface area contributed by atoms with E-state index in [0.717, 1.165) is 22.6 Å². The van der Waals surface area contributed by atoms with Gasteiger partial charge >= 0.3 is 0 Å². The molecule has 5 heteroatoms. The van der Waals surface area contributed by atoms with E-state index in [9.17, 15) is 0 Å². The molecule has 1 aliphatic heterocycles. The number of fused-ring (bicyclic) bond motifs is 1. The van der Waals surface area contributed by atoms with E-state index in [-0.39, 0.29) is 6.79 Å². The summed E-state index contributed by atoms with van der Waals surface area (Å²) in [6, 6.07) is 15.4. The van der Waals surface area contributed by atoms with Crippen LogP contribution in [0.25, 0.3) is 23.6 Å². The first-order chi connectivity index (χ1) is 10.9. The Balaban J connectivity index is 1.55. The van der Waals surface area contributed by atoms with E-state index < -0.39 is 0 Å². The topological polar surface area (TPSA) is 57.4 Å². The molecule has 1 aliphatic rings. The van der Waals surface area contributed by atoms with Gasteiger partial charge in [-0.3, -0.25) is 0 Å². The largest absolute Gasteiger partial charge is 0.454 e. The van der Waals surface area contributed by atoms with Crippen LogP contribution in [0.2, 0.25) is 0 Å². The van der Waals surface area contributed by atoms with Crippen molar-refractivity contribution in [1.29, 1.82) is 0 Å². The Morgan fingerprint density at radius 3 is 2.64 bits per heavy atom. The zero-order chi connectivity index (χ0) is 14.8. The summed E-state index contributed by atoms with van der Waals surface area (Å²) in [5.41, 5.74) is 1.88. The number of ether oxygens (including phenoxy) is 2. The van der Waals surface area contributed by atoms with Crippen LogP contribution in [0.5, 0.6) is 11.5 Å². The predicted octanol–water partition coefficient (Wildman–Crippen LogP) is 3.64. The standard InChI is InChI=1S/C17H12N2O3/c1-2-4-13(5-3-1)17-19-18-16(22-17)9-7-12-6-8-14-15(10-12)21-11-20-14/h1-10H,11H2/b9-7+. The Hall–Kier alpha value is -3.08. The molecule has 5 nitrogen and oxygen atoms in total. The number of hydrogen-bond donors (Lipinski definition) is 0. The molecular formula is C17H12N2O3. The number of hydrogen-bond acceptors (Lipinski definition) is 5. The van der Waals surface area contributed by atoms with Gasteiger partial charge in [-0.25, -0.2) is 0 Å². The van der Waals surface area contributed by atoms with Crippen molar-refractivity contribution in [2.45, 2.75) is 0 Å². The maximum Gasteiger partial charge on any atom is 0.248 e. The average Bonchev–Trinajstić information content (AvgIpc) is 3.22. The first-order valence-corrected chi connectivity index (χ1v) is 6.85. The summed E-state index contributed by atoms with van der Waals surface area (Å²) in [5, 5.41) is 8.06. The molecule has 0 amide bonds. The number of aromatic nitrogens is 2. The van der Waals surface area contributed by atoms with Gasteiger partial charge in [0, 0.05) is 11.6 Å². The van der Waals surface area contributed by atoms with Gasteiger partial charge < -0.3 is 13.9 Å². The smallest absolute Gasteiger partial charge is 0.248 e. The van der Waals surface area contributed by atoms with Crippen molar-refractivity contribution in [3.05, 3.63) is 60.0 Å². The fourth-order valence-corrected chi connectivity index (χ4v) is 2.18. The highest BCUT2D eigenvalue weighted by Crippen LogP contribution is 2.33. The number of nitrogens with zero attached hydrogens (tertiary/aromatic N) is 2. The first kappa shape index (κ1) is 12.6. The molecule has 3 aromatic rings. The molecule has 0 N–H and O–H groups in total. The highest BCUT2D eigenvalue weighted by atomic mass is 16.7. The summed E-state index contributed by atoms with van der Waals surface area (Å²) < 4.78 is 16.2. The lowest BCUT2D eigenvalue weighted by Crippen LogP contribution is -1.92. The highest BCUT2D eigenvalue weighted by Gasteiger charge is 2.12. The molecule has 0 saturated carbocycles. The zero-order valence-corrected chi connectivity index (χ0v) is 11.6. The third kappa shape index (κ3) is 2.44. The van der Waals surface area contributed by atoms with Crippen molar-refractivity contribution in [2.75, 3.05) is 6.79 Å². The molecule has 2 heterocycles. The quantitative estimate of drug-likeness (QED) is 0.737. The fraction of sp³-hybridized carbons (Fsp3) is 0.0588.